The summed E-state index contributed by atoms with van der Waals surface area (Å²) >= 11 is 0. The zero-order chi connectivity index (χ0) is 11.6. The molecule has 0 radical (unpaired) electrons. The lowest BCUT2D eigenvalue weighted by molar-refractivity contribution is 0.261. The van der Waals surface area contributed by atoms with Crippen LogP contribution >= 0.6 is 0 Å². The highest BCUT2D eigenvalue weighted by atomic mass is 16.3. The van der Waals surface area contributed by atoms with Gasteiger partial charge in [0.15, 0.2) is 0 Å². The maximum absolute atomic E-state index is 5.38. The van der Waals surface area contributed by atoms with Gasteiger partial charge in [0.1, 0.15) is 5.76 Å². The Hall–Kier alpha value is -0.760. The van der Waals surface area contributed by atoms with Gasteiger partial charge in [0.2, 0.25) is 0 Å². The average molecular weight is 221 g/mol. The molecular weight excluding hydrogens is 198 g/mol. The largest absolute Gasteiger partial charge is 0.469 e. The zero-order valence-corrected chi connectivity index (χ0v) is 10.6. The van der Waals surface area contributed by atoms with Gasteiger partial charge in [0.05, 0.1) is 6.26 Å². The summed E-state index contributed by atoms with van der Waals surface area (Å²) in [6.45, 7) is 6.99. The number of nitrogens with one attached hydrogen (secondary N) is 1. The highest BCUT2D eigenvalue weighted by Gasteiger charge is 2.34. The average Bonchev–Trinajstić information content (AvgIpc) is 2.78. The molecule has 2 atom stereocenters. The Morgan fingerprint density at radius 2 is 2.38 bits per heavy atom. The van der Waals surface area contributed by atoms with Crippen LogP contribution in [-0.4, -0.2) is 12.1 Å². The highest BCUT2D eigenvalue weighted by molar-refractivity contribution is 5.01. The topological polar surface area (TPSA) is 25.2 Å². The van der Waals surface area contributed by atoms with Crippen molar-refractivity contribution in [2.45, 2.75) is 58.5 Å². The molecule has 1 aliphatic carbocycles. The molecule has 0 amide bonds. The molecule has 1 saturated carbocycles. The number of furan rings is 1. The Labute approximate surface area is 98.4 Å². The van der Waals surface area contributed by atoms with E-state index in [0.717, 1.165) is 12.2 Å². The second-order valence-corrected chi connectivity index (χ2v) is 5.78. The van der Waals surface area contributed by atoms with Crippen LogP contribution < -0.4 is 5.32 Å². The molecule has 1 N–H and O–H groups in total. The van der Waals surface area contributed by atoms with E-state index >= 15 is 0 Å². The maximum Gasteiger partial charge on any atom is 0.105 e. The Balaban J connectivity index is 1.85. The number of rotatable bonds is 4. The van der Waals surface area contributed by atoms with Gasteiger partial charge in [-0.2, -0.15) is 0 Å². The van der Waals surface area contributed by atoms with Crippen LogP contribution in [0.3, 0.4) is 0 Å². The lowest BCUT2D eigenvalue weighted by Crippen LogP contribution is -2.43. The fourth-order valence-electron chi connectivity index (χ4n) is 2.77. The summed E-state index contributed by atoms with van der Waals surface area (Å²) in [5, 5.41) is 3.75. The molecule has 1 aromatic heterocycles. The van der Waals surface area contributed by atoms with Crippen molar-refractivity contribution in [3.8, 4) is 0 Å². The minimum absolute atomic E-state index is 0.456. The van der Waals surface area contributed by atoms with Crippen molar-refractivity contribution in [2.24, 2.45) is 5.41 Å². The van der Waals surface area contributed by atoms with Crippen molar-refractivity contribution in [3.63, 3.8) is 0 Å². The van der Waals surface area contributed by atoms with E-state index in [4.69, 9.17) is 4.42 Å². The van der Waals surface area contributed by atoms with Crippen LogP contribution in [0.1, 0.15) is 45.8 Å². The molecule has 0 aromatic carbocycles. The van der Waals surface area contributed by atoms with E-state index in [2.05, 4.69) is 32.2 Å². The first-order valence-electron chi connectivity index (χ1n) is 6.36. The van der Waals surface area contributed by atoms with E-state index < -0.39 is 0 Å². The Morgan fingerprint density at radius 3 is 2.94 bits per heavy atom. The molecule has 2 heteroatoms. The molecule has 1 heterocycles. The van der Waals surface area contributed by atoms with Crippen LogP contribution in [0.15, 0.2) is 22.8 Å². The fraction of sp³-hybridized carbons (Fsp3) is 0.714. The quantitative estimate of drug-likeness (QED) is 0.843. The second-order valence-electron chi connectivity index (χ2n) is 5.78. The summed E-state index contributed by atoms with van der Waals surface area (Å²) in [5.41, 5.74) is 0.456. The molecule has 0 spiro atoms. The van der Waals surface area contributed by atoms with Crippen molar-refractivity contribution in [1.29, 1.82) is 0 Å². The first-order chi connectivity index (χ1) is 7.58. The third-order valence-corrected chi connectivity index (χ3v) is 3.83. The normalized spacial score (nSPS) is 25.8. The third kappa shape index (κ3) is 2.67. The summed E-state index contributed by atoms with van der Waals surface area (Å²) in [4.78, 5) is 0. The molecule has 0 aliphatic heterocycles. The molecular formula is C14H23NO. The van der Waals surface area contributed by atoms with Gasteiger partial charge in [0, 0.05) is 18.5 Å². The van der Waals surface area contributed by atoms with Crippen LogP contribution in [0.25, 0.3) is 0 Å². The first-order valence-corrected chi connectivity index (χ1v) is 6.36. The van der Waals surface area contributed by atoms with Crippen LogP contribution in [0.2, 0.25) is 0 Å². The molecule has 16 heavy (non-hydrogen) atoms. The fourth-order valence-corrected chi connectivity index (χ4v) is 2.77. The van der Waals surface area contributed by atoms with Crippen molar-refractivity contribution in [3.05, 3.63) is 24.2 Å². The van der Waals surface area contributed by atoms with Gasteiger partial charge < -0.3 is 9.73 Å². The summed E-state index contributed by atoms with van der Waals surface area (Å²) in [6.07, 6.45) is 6.76. The molecule has 90 valence electrons. The summed E-state index contributed by atoms with van der Waals surface area (Å²) < 4.78 is 5.38. The number of hydrogen-bond donors (Lipinski definition) is 1. The molecule has 1 fully saturated rings. The van der Waals surface area contributed by atoms with Gasteiger partial charge >= 0.3 is 0 Å². The number of hydrogen-bond acceptors (Lipinski definition) is 2. The van der Waals surface area contributed by atoms with Gasteiger partial charge in [-0.15, -0.1) is 0 Å². The zero-order valence-electron chi connectivity index (χ0n) is 10.6. The summed E-state index contributed by atoms with van der Waals surface area (Å²) in [5.74, 6) is 1.08. The maximum atomic E-state index is 5.38. The van der Waals surface area contributed by atoms with E-state index in [9.17, 15) is 0 Å². The van der Waals surface area contributed by atoms with Gasteiger partial charge in [-0.05, 0) is 37.3 Å². The molecule has 2 unspecified atom stereocenters. The molecule has 0 bridgehead atoms. The third-order valence-electron chi connectivity index (χ3n) is 3.83. The van der Waals surface area contributed by atoms with Crippen molar-refractivity contribution in [2.75, 3.05) is 0 Å². The van der Waals surface area contributed by atoms with Gasteiger partial charge in [0.25, 0.3) is 0 Å². The van der Waals surface area contributed by atoms with Crippen molar-refractivity contribution >= 4 is 0 Å². The standard InChI is InChI=1S/C14H23NO/c1-11(10-12-6-5-9-16-12)15-13-7-4-8-14(13,2)3/h5-6,9,11,13,15H,4,7-8,10H2,1-3H3. The minimum Gasteiger partial charge on any atom is -0.469 e. The monoisotopic (exact) mass is 221 g/mol. The Morgan fingerprint density at radius 1 is 1.56 bits per heavy atom. The lowest BCUT2D eigenvalue weighted by atomic mass is 9.87. The van der Waals surface area contributed by atoms with Crippen molar-refractivity contribution in [1.82, 2.24) is 5.32 Å². The van der Waals surface area contributed by atoms with Crippen molar-refractivity contribution < 1.29 is 4.42 Å². The van der Waals surface area contributed by atoms with E-state index in [1.165, 1.54) is 19.3 Å². The molecule has 2 rings (SSSR count). The lowest BCUT2D eigenvalue weighted by Gasteiger charge is -2.30. The molecule has 1 aromatic rings. The second kappa shape index (κ2) is 4.62. The Kier molecular flexibility index (Phi) is 3.38. The molecule has 2 nitrogen and oxygen atoms in total. The molecule has 0 saturated heterocycles. The van der Waals surface area contributed by atoms with Gasteiger partial charge in [-0.1, -0.05) is 20.3 Å². The summed E-state index contributed by atoms with van der Waals surface area (Å²) in [6, 6.07) is 5.17. The van der Waals surface area contributed by atoms with Crippen LogP contribution in [0.5, 0.6) is 0 Å². The van der Waals surface area contributed by atoms with E-state index in [1.54, 1.807) is 6.26 Å². The minimum atomic E-state index is 0.456. The van der Waals surface area contributed by atoms with E-state index in [-0.39, 0.29) is 0 Å². The van der Waals surface area contributed by atoms with Crippen LogP contribution in [-0.2, 0) is 6.42 Å². The summed E-state index contributed by atoms with van der Waals surface area (Å²) in [7, 11) is 0. The molecule has 1 aliphatic rings. The van der Waals surface area contributed by atoms with Gasteiger partial charge in [-0.3, -0.25) is 0 Å². The van der Waals surface area contributed by atoms with Crippen LogP contribution in [0.4, 0.5) is 0 Å². The Bertz CT molecular complexity index is 315. The van der Waals surface area contributed by atoms with Crippen LogP contribution in [0, 0.1) is 5.41 Å². The smallest absolute Gasteiger partial charge is 0.105 e. The van der Waals surface area contributed by atoms with E-state index in [0.29, 0.717) is 17.5 Å². The predicted molar refractivity (Wildman–Crippen MR) is 66.4 cm³/mol. The highest BCUT2D eigenvalue weighted by Crippen LogP contribution is 2.37. The predicted octanol–water partition coefficient (Wildman–Crippen LogP) is 3.38. The van der Waals surface area contributed by atoms with Gasteiger partial charge in [-0.25, -0.2) is 0 Å². The SMILES string of the molecule is CC(Cc1ccco1)NC1CCCC1(C)C. The van der Waals surface area contributed by atoms with E-state index in [1.807, 2.05) is 6.07 Å². The first kappa shape index (κ1) is 11.7.